The van der Waals surface area contributed by atoms with E-state index in [9.17, 15) is 14.4 Å². The number of nitrogens with zero attached hydrogens (tertiary/aromatic N) is 1. The lowest BCUT2D eigenvalue weighted by atomic mass is 9.72. The molecule has 2 bridgehead atoms. The van der Waals surface area contributed by atoms with E-state index in [4.69, 9.17) is 5.11 Å². The molecule has 0 spiro atoms. The first-order valence-electron chi connectivity index (χ1n) is 12.3. The molecule has 4 heterocycles. The van der Waals surface area contributed by atoms with Crippen molar-refractivity contribution in [1.82, 2.24) is 26.2 Å². The second-order valence-electron chi connectivity index (χ2n) is 10.1. The fraction of sp³-hybridized carbons (Fsp3) is 0.864. The summed E-state index contributed by atoms with van der Waals surface area (Å²) in [5, 5.41) is 21.7. The molecule has 0 aromatic carbocycles. The SMILES string of the molecule is O=C(O)CCSC1CCNC2CNC3CCCC(F)C3C3NC4C(CC3F)C(=O)NC(=O)N4C21. The number of carboxylic acids is 1. The number of hydrogen-bond acceptors (Lipinski definition) is 7. The lowest BCUT2D eigenvalue weighted by Gasteiger charge is -2.56. The van der Waals surface area contributed by atoms with Crippen LogP contribution in [-0.4, -0.2) is 94.7 Å². The Morgan fingerprint density at radius 2 is 1.94 bits per heavy atom. The lowest BCUT2D eigenvalue weighted by molar-refractivity contribution is -0.137. The number of imide groups is 1. The molecule has 0 aromatic rings. The van der Waals surface area contributed by atoms with E-state index in [1.54, 1.807) is 4.90 Å². The van der Waals surface area contributed by atoms with E-state index < -0.39 is 54.3 Å². The summed E-state index contributed by atoms with van der Waals surface area (Å²) < 4.78 is 30.6. The molecule has 1 saturated carbocycles. The molecule has 5 rings (SSSR count). The third kappa shape index (κ3) is 4.42. The molecule has 12 heteroatoms. The van der Waals surface area contributed by atoms with Gasteiger partial charge < -0.3 is 20.6 Å². The molecule has 10 unspecified atom stereocenters. The van der Waals surface area contributed by atoms with Crippen molar-refractivity contribution in [2.75, 3.05) is 18.8 Å². The maximum atomic E-state index is 15.4. The normalized spacial score (nSPS) is 44.5. The van der Waals surface area contributed by atoms with Crippen LogP contribution < -0.4 is 21.3 Å². The molecule has 10 atom stereocenters. The van der Waals surface area contributed by atoms with Gasteiger partial charge in [-0.2, -0.15) is 11.8 Å². The van der Waals surface area contributed by atoms with E-state index in [2.05, 4.69) is 21.3 Å². The first-order valence-corrected chi connectivity index (χ1v) is 13.4. The number of nitrogens with one attached hydrogen (secondary N) is 4. The number of carbonyl (C=O) groups excluding carboxylic acids is 2. The van der Waals surface area contributed by atoms with Crippen molar-refractivity contribution >= 4 is 29.7 Å². The van der Waals surface area contributed by atoms with Crippen LogP contribution in [-0.2, 0) is 9.59 Å². The molecule has 5 fully saturated rings. The lowest BCUT2D eigenvalue weighted by Crippen LogP contribution is -2.78. The van der Waals surface area contributed by atoms with Gasteiger partial charge in [0, 0.05) is 41.6 Å². The summed E-state index contributed by atoms with van der Waals surface area (Å²) >= 11 is 1.52. The van der Waals surface area contributed by atoms with Crippen molar-refractivity contribution in [3.05, 3.63) is 0 Å². The van der Waals surface area contributed by atoms with Crippen molar-refractivity contribution in [1.29, 1.82) is 0 Å². The molecular formula is C22H33F2N5O4S. The molecule has 1 aliphatic carbocycles. The Hall–Kier alpha value is -1.50. The summed E-state index contributed by atoms with van der Waals surface area (Å²) in [6.45, 7) is 1.19. The number of carbonyl (C=O) groups is 3. The Labute approximate surface area is 201 Å². The molecule has 0 radical (unpaired) electrons. The number of piperidine rings is 2. The van der Waals surface area contributed by atoms with E-state index in [0.29, 0.717) is 25.3 Å². The van der Waals surface area contributed by atoms with Gasteiger partial charge in [-0.15, -0.1) is 0 Å². The molecule has 5 N–H and O–H groups in total. The van der Waals surface area contributed by atoms with Gasteiger partial charge in [-0.25, -0.2) is 13.6 Å². The van der Waals surface area contributed by atoms with E-state index in [1.807, 2.05) is 0 Å². The molecule has 5 aliphatic rings. The number of alkyl halides is 2. The minimum absolute atomic E-state index is 0.0203. The van der Waals surface area contributed by atoms with Gasteiger partial charge in [0.25, 0.3) is 0 Å². The molecule has 4 aliphatic heterocycles. The van der Waals surface area contributed by atoms with E-state index >= 15 is 8.78 Å². The number of thioether (sulfide) groups is 1. The van der Waals surface area contributed by atoms with Crippen LogP contribution in [0.1, 0.15) is 38.5 Å². The summed E-state index contributed by atoms with van der Waals surface area (Å²) in [6, 6.07) is -2.03. The zero-order chi connectivity index (χ0) is 24.0. The quantitative estimate of drug-likeness (QED) is 0.380. The topological polar surface area (TPSA) is 123 Å². The van der Waals surface area contributed by atoms with Gasteiger partial charge in [0.05, 0.1) is 24.5 Å². The van der Waals surface area contributed by atoms with Gasteiger partial charge in [-0.3, -0.25) is 20.2 Å². The fourth-order valence-electron chi connectivity index (χ4n) is 6.69. The average molecular weight is 502 g/mol. The number of aliphatic carboxylic acids is 1. The first-order chi connectivity index (χ1) is 16.3. The van der Waals surface area contributed by atoms with Gasteiger partial charge in [0.1, 0.15) is 12.3 Å². The Morgan fingerprint density at radius 1 is 1.12 bits per heavy atom. The van der Waals surface area contributed by atoms with Crippen LogP contribution in [0.5, 0.6) is 0 Å². The van der Waals surface area contributed by atoms with Crippen LogP contribution in [0.4, 0.5) is 13.6 Å². The summed E-state index contributed by atoms with van der Waals surface area (Å²) in [5.74, 6) is -2.30. The molecule has 3 amide bonds. The first kappa shape index (κ1) is 24.2. The second kappa shape index (κ2) is 9.87. The molecular weight excluding hydrogens is 468 g/mol. The van der Waals surface area contributed by atoms with Crippen LogP contribution in [0.15, 0.2) is 0 Å². The van der Waals surface area contributed by atoms with Gasteiger partial charge in [-0.05, 0) is 38.6 Å². The number of fused-ring (bicyclic) bond motifs is 5. The van der Waals surface area contributed by atoms with Crippen LogP contribution in [0.25, 0.3) is 0 Å². The number of carboxylic acid groups (broad SMARTS) is 1. The largest absolute Gasteiger partial charge is 0.481 e. The Morgan fingerprint density at radius 3 is 2.74 bits per heavy atom. The smallest absolute Gasteiger partial charge is 0.325 e. The van der Waals surface area contributed by atoms with Crippen molar-refractivity contribution in [2.45, 2.75) is 86.5 Å². The monoisotopic (exact) mass is 501 g/mol. The highest BCUT2D eigenvalue weighted by Gasteiger charge is 2.56. The summed E-state index contributed by atoms with van der Waals surface area (Å²) in [6.07, 6.45) is -0.717. The maximum absolute atomic E-state index is 15.4. The third-order valence-corrected chi connectivity index (χ3v) is 9.59. The Bertz CT molecular complexity index is 824. The zero-order valence-electron chi connectivity index (χ0n) is 18.9. The van der Waals surface area contributed by atoms with E-state index in [0.717, 1.165) is 19.3 Å². The molecule has 0 aromatic heterocycles. The second-order valence-corrected chi connectivity index (χ2v) is 11.5. The highest BCUT2D eigenvalue weighted by atomic mass is 32.2. The van der Waals surface area contributed by atoms with E-state index in [-0.39, 0.29) is 36.2 Å². The molecule has 34 heavy (non-hydrogen) atoms. The number of halogens is 2. The third-order valence-electron chi connectivity index (χ3n) is 8.20. The molecule has 190 valence electrons. The zero-order valence-corrected chi connectivity index (χ0v) is 19.7. The number of hydrogen-bond donors (Lipinski definition) is 5. The van der Waals surface area contributed by atoms with Crippen LogP contribution in [0.3, 0.4) is 0 Å². The highest BCUT2D eigenvalue weighted by molar-refractivity contribution is 8.00. The highest BCUT2D eigenvalue weighted by Crippen LogP contribution is 2.40. The van der Waals surface area contributed by atoms with Gasteiger partial charge in [0.2, 0.25) is 5.91 Å². The van der Waals surface area contributed by atoms with Gasteiger partial charge in [-0.1, -0.05) is 0 Å². The van der Waals surface area contributed by atoms with Gasteiger partial charge >= 0.3 is 12.0 Å². The van der Waals surface area contributed by atoms with Gasteiger partial charge in [0.15, 0.2) is 0 Å². The average Bonchev–Trinajstić information content (AvgIpc) is 2.79. The maximum Gasteiger partial charge on any atom is 0.325 e. The van der Waals surface area contributed by atoms with Crippen molar-refractivity contribution in [2.24, 2.45) is 11.8 Å². The van der Waals surface area contributed by atoms with E-state index in [1.165, 1.54) is 11.8 Å². The number of rotatable bonds is 4. The Kier molecular flexibility index (Phi) is 7.02. The minimum Gasteiger partial charge on any atom is -0.481 e. The fourth-order valence-corrected chi connectivity index (χ4v) is 8.09. The predicted octanol–water partition coefficient (Wildman–Crippen LogP) is 0.598. The number of urea groups is 1. The Balaban J connectivity index is 1.51. The molecule has 9 nitrogen and oxygen atoms in total. The van der Waals surface area contributed by atoms with Crippen LogP contribution in [0, 0.1) is 11.8 Å². The summed E-state index contributed by atoms with van der Waals surface area (Å²) in [5.41, 5.74) is 0. The standard InChI is InChI=1S/C22H33F2N5O4S/c23-11-2-1-3-13-17(11)18-12(24)8-10-20(27-18)29(22(33)28-21(10)32)19-14(9-26-13)25-6-4-15(19)34-7-5-16(30)31/h10-15,17-20,25-27H,1-9H2,(H,30,31)(H,28,32,33). The van der Waals surface area contributed by atoms with Crippen LogP contribution in [0.2, 0.25) is 0 Å². The van der Waals surface area contributed by atoms with Crippen molar-refractivity contribution in [3.8, 4) is 0 Å². The van der Waals surface area contributed by atoms with Crippen molar-refractivity contribution < 1.29 is 28.3 Å². The minimum atomic E-state index is -1.40. The summed E-state index contributed by atoms with van der Waals surface area (Å²) in [7, 11) is 0. The number of amides is 3. The summed E-state index contributed by atoms with van der Waals surface area (Å²) in [4.78, 5) is 38.7. The molecule has 4 saturated heterocycles. The van der Waals surface area contributed by atoms with Crippen LogP contribution >= 0.6 is 11.8 Å². The van der Waals surface area contributed by atoms with Crippen molar-refractivity contribution in [3.63, 3.8) is 0 Å². The predicted molar refractivity (Wildman–Crippen MR) is 122 cm³/mol.